The van der Waals surface area contributed by atoms with Gasteiger partial charge in [-0.1, -0.05) is 53.7 Å². The lowest BCUT2D eigenvalue weighted by molar-refractivity contribution is 0.431. The van der Waals surface area contributed by atoms with Crippen molar-refractivity contribution in [3.63, 3.8) is 0 Å². The van der Waals surface area contributed by atoms with Crippen molar-refractivity contribution in [1.82, 2.24) is 14.7 Å². The highest BCUT2D eigenvalue weighted by Crippen LogP contribution is 2.39. The number of benzene rings is 2. The summed E-state index contributed by atoms with van der Waals surface area (Å²) < 4.78 is 7.97. The molecule has 0 atom stereocenters. The van der Waals surface area contributed by atoms with Gasteiger partial charge in [-0.05, 0) is 30.5 Å². The van der Waals surface area contributed by atoms with Crippen LogP contribution in [0.5, 0.6) is 0 Å². The van der Waals surface area contributed by atoms with Gasteiger partial charge >= 0.3 is 0 Å². The molecule has 4 aromatic rings. The molecule has 4 nitrogen and oxygen atoms in total. The summed E-state index contributed by atoms with van der Waals surface area (Å²) >= 11 is 0. The summed E-state index contributed by atoms with van der Waals surface area (Å²) in [5.74, 6) is 1.78. The number of hydrogen-bond acceptors (Lipinski definition) is 3. The molecule has 0 spiro atoms. The zero-order valence-corrected chi connectivity index (χ0v) is 14.9. The zero-order valence-electron chi connectivity index (χ0n) is 14.9. The Hall–Kier alpha value is -3.14. The van der Waals surface area contributed by atoms with Crippen molar-refractivity contribution >= 4 is 0 Å². The van der Waals surface area contributed by atoms with Gasteiger partial charge < -0.3 is 9.09 Å². The standard InChI is InChI=1S/C22H19N3O/c1-14-7-3-5-9-16(14)11-17-12-23-22-20-19(13-25(17)22)21(26-24-20)18-10-6-4-8-15(18)2/h3-10,12H,11,13H2,1-2H3. The Morgan fingerprint density at radius 2 is 1.77 bits per heavy atom. The van der Waals surface area contributed by atoms with Crippen molar-refractivity contribution in [3.05, 3.63) is 82.7 Å². The van der Waals surface area contributed by atoms with Crippen LogP contribution in [-0.4, -0.2) is 14.7 Å². The van der Waals surface area contributed by atoms with Gasteiger partial charge in [0, 0.05) is 23.9 Å². The van der Waals surface area contributed by atoms with Gasteiger partial charge in [0.05, 0.1) is 12.1 Å². The van der Waals surface area contributed by atoms with Gasteiger partial charge in [0.15, 0.2) is 17.3 Å². The molecule has 0 unspecified atom stereocenters. The minimum absolute atomic E-state index is 0.763. The third-order valence-electron chi connectivity index (χ3n) is 5.28. The van der Waals surface area contributed by atoms with Crippen LogP contribution < -0.4 is 0 Å². The van der Waals surface area contributed by atoms with Gasteiger partial charge in [-0.15, -0.1) is 0 Å². The van der Waals surface area contributed by atoms with Crippen LogP contribution in [0.3, 0.4) is 0 Å². The monoisotopic (exact) mass is 341 g/mol. The smallest absolute Gasteiger partial charge is 0.172 e. The average Bonchev–Trinajstić information content (AvgIpc) is 3.30. The molecule has 2 aromatic carbocycles. The van der Waals surface area contributed by atoms with Crippen LogP contribution in [-0.2, 0) is 13.0 Å². The maximum Gasteiger partial charge on any atom is 0.172 e. The summed E-state index contributed by atoms with van der Waals surface area (Å²) in [4.78, 5) is 4.63. The molecular formula is C22H19N3O. The van der Waals surface area contributed by atoms with E-state index in [9.17, 15) is 0 Å². The second kappa shape index (κ2) is 5.70. The molecule has 0 fully saturated rings. The lowest BCUT2D eigenvalue weighted by Gasteiger charge is -2.08. The van der Waals surface area contributed by atoms with E-state index in [2.05, 4.69) is 65.0 Å². The lowest BCUT2D eigenvalue weighted by Crippen LogP contribution is -2.02. The average molecular weight is 341 g/mol. The third kappa shape index (κ3) is 2.22. The quantitative estimate of drug-likeness (QED) is 0.474. The molecule has 3 heterocycles. The number of rotatable bonds is 3. The van der Waals surface area contributed by atoms with Crippen LogP contribution in [0.15, 0.2) is 59.3 Å². The Labute approximate surface area is 152 Å². The highest BCUT2D eigenvalue weighted by atomic mass is 16.5. The molecule has 128 valence electrons. The Kier molecular flexibility index (Phi) is 3.32. The van der Waals surface area contributed by atoms with E-state index in [1.807, 2.05) is 18.3 Å². The van der Waals surface area contributed by atoms with Crippen molar-refractivity contribution in [1.29, 1.82) is 0 Å². The normalized spacial score (nSPS) is 12.2. The van der Waals surface area contributed by atoms with E-state index >= 15 is 0 Å². The number of fused-ring (bicyclic) bond motifs is 3. The first kappa shape index (κ1) is 15.1. The minimum Gasteiger partial charge on any atom is -0.355 e. The molecule has 5 rings (SSSR count). The first-order chi connectivity index (χ1) is 12.7. The van der Waals surface area contributed by atoms with Crippen LogP contribution in [0.25, 0.3) is 22.8 Å². The molecule has 26 heavy (non-hydrogen) atoms. The molecule has 0 saturated heterocycles. The predicted molar refractivity (Wildman–Crippen MR) is 101 cm³/mol. The summed E-state index contributed by atoms with van der Waals surface area (Å²) in [6.45, 7) is 5.02. The first-order valence-corrected chi connectivity index (χ1v) is 8.86. The second-order valence-electron chi connectivity index (χ2n) is 6.92. The Bertz CT molecular complexity index is 1120. The van der Waals surface area contributed by atoms with E-state index in [0.717, 1.165) is 41.4 Å². The van der Waals surface area contributed by atoms with Crippen LogP contribution >= 0.6 is 0 Å². The van der Waals surface area contributed by atoms with Gasteiger partial charge in [0.2, 0.25) is 0 Å². The molecule has 1 aliphatic heterocycles. The molecular weight excluding hydrogens is 322 g/mol. The van der Waals surface area contributed by atoms with Crippen molar-refractivity contribution in [2.45, 2.75) is 26.8 Å². The summed E-state index contributed by atoms with van der Waals surface area (Å²) in [5, 5.41) is 4.34. The summed E-state index contributed by atoms with van der Waals surface area (Å²) in [6, 6.07) is 16.8. The minimum atomic E-state index is 0.763. The highest BCUT2D eigenvalue weighted by molar-refractivity contribution is 5.74. The fourth-order valence-corrected chi connectivity index (χ4v) is 3.75. The van der Waals surface area contributed by atoms with E-state index in [1.165, 1.54) is 22.4 Å². The fourth-order valence-electron chi connectivity index (χ4n) is 3.75. The van der Waals surface area contributed by atoms with E-state index in [1.54, 1.807) is 0 Å². The van der Waals surface area contributed by atoms with Crippen LogP contribution in [0.1, 0.15) is 27.9 Å². The van der Waals surface area contributed by atoms with Gasteiger partial charge in [0.1, 0.15) is 0 Å². The predicted octanol–water partition coefficient (Wildman–Crippen LogP) is 4.77. The summed E-state index contributed by atoms with van der Waals surface area (Å²) in [7, 11) is 0. The molecule has 0 radical (unpaired) electrons. The zero-order chi connectivity index (χ0) is 17.7. The summed E-state index contributed by atoms with van der Waals surface area (Å²) in [6.07, 6.45) is 2.84. The summed E-state index contributed by atoms with van der Waals surface area (Å²) in [5.41, 5.74) is 8.15. The molecule has 0 saturated carbocycles. The molecule has 1 aliphatic rings. The van der Waals surface area contributed by atoms with Crippen LogP contribution in [0.2, 0.25) is 0 Å². The Balaban J connectivity index is 1.54. The molecule has 0 amide bonds. The highest BCUT2D eigenvalue weighted by Gasteiger charge is 2.30. The maximum absolute atomic E-state index is 5.70. The van der Waals surface area contributed by atoms with Crippen LogP contribution in [0.4, 0.5) is 0 Å². The second-order valence-corrected chi connectivity index (χ2v) is 6.92. The molecule has 0 aliphatic carbocycles. The third-order valence-corrected chi connectivity index (χ3v) is 5.28. The van der Waals surface area contributed by atoms with E-state index in [0.29, 0.717) is 0 Å². The van der Waals surface area contributed by atoms with E-state index in [4.69, 9.17) is 4.52 Å². The van der Waals surface area contributed by atoms with Gasteiger partial charge in [-0.3, -0.25) is 0 Å². The number of nitrogens with zero attached hydrogens (tertiary/aromatic N) is 3. The Morgan fingerprint density at radius 3 is 2.58 bits per heavy atom. The molecule has 2 aromatic heterocycles. The molecule has 0 bridgehead atoms. The lowest BCUT2D eigenvalue weighted by atomic mass is 10.0. The first-order valence-electron chi connectivity index (χ1n) is 8.86. The van der Waals surface area contributed by atoms with Crippen molar-refractivity contribution in [2.75, 3.05) is 0 Å². The maximum atomic E-state index is 5.70. The Morgan fingerprint density at radius 1 is 1.00 bits per heavy atom. The van der Waals surface area contributed by atoms with Gasteiger partial charge in [0.25, 0.3) is 0 Å². The number of imidazole rings is 1. The fraction of sp³-hybridized carbons (Fsp3) is 0.182. The number of hydrogen-bond donors (Lipinski definition) is 0. The van der Waals surface area contributed by atoms with Gasteiger partial charge in [-0.25, -0.2) is 4.98 Å². The topological polar surface area (TPSA) is 43.9 Å². The van der Waals surface area contributed by atoms with Crippen molar-refractivity contribution in [3.8, 4) is 22.8 Å². The SMILES string of the molecule is Cc1ccccc1Cc1cnc2n1Cc1c-2noc1-c1ccccc1C. The van der Waals surface area contributed by atoms with Crippen molar-refractivity contribution in [2.24, 2.45) is 0 Å². The van der Waals surface area contributed by atoms with Crippen LogP contribution in [0, 0.1) is 13.8 Å². The number of aromatic nitrogens is 3. The molecule has 4 heteroatoms. The van der Waals surface area contributed by atoms with Gasteiger partial charge in [-0.2, -0.15) is 0 Å². The van der Waals surface area contributed by atoms with Crippen molar-refractivity contribution < 1.29 is 4.52 Å². The number of aryl methyl sites for hydroxylation is 2. The van der Waals surface area contributed by atoms with E-state index < -0.39 is 0 Å². The molecule has 0 N–H and O–H groups in total. The largest absolute Gasteiger partial charge is 0.355 e. The van der Waals surface area contributed by atoms with E-state index in [-0.39, 0.29) is 0 Å².